The third-order valence-electron chi connectivity index (χ3n) is 14.0. The highest BCUT2D eigenvalue weighted by Crippen LogP contribution is 2.57. The smallest absolute Gasteiger partial charge is 0.0541 e. The molecule has 11 aromatic carbocycles. The Kier molecular flexibility index (Phi) is 8.02. The molecule has 13 aromatic rings. The van der Waals surface area contributed by atoms with Gasteiger partial charge in [-0.25, -0.2) is 0 Å². The van der Waals surface area contributed by atoms with Crippen molar-refractivity contribution in [2.45, 2.75) is 0 Å². The third kappa shape index (κ3) is 5.42. The van der Waals surface area contributed by atoms with Gasteiger partial charge < -0.3 is 9.13 Å². The van der Waals surface area contributed by atoms with E-state index in [1.54, 1.807) is 0 Å². The summed E-state index contributed by atoms with van der Waals surface area (Å²) in [5.74, 6) is 0. The molecule has 1 aliphatic rings. The molecule has 0 saturated carbocycles. The summed E-state index contributed by atoms with van der Waals surface area (Å²) >= 11 is 0. The Morgan fingerprint density at radius 2 is 0.667 bits per heavy atom. The highest BCUT2D eigenvalue weighted by Gasteiger charge is 2.30. The van der Waals surface area contributed by atoms with E-state index in [1.165, 1.54) is 127 Å². The first-order chi connectivity index (χ1) is 32.8. The van der Waals surface area contributed by atoms with Crippen molar-refractivity contribution in [3.8, 4) is 78.1 Å². The van der Waals surface area contributed by atoms with Gasteiger partial charge in [-0.05, 0) is 144 Å². The molecule has 2 aromatic heterocycles. The molecule has 306 valence electrons. The van der Waals surface area contributed by atoms with Crippen molar-refractivity contribution in [2.24, 2.45) is 0 Å². The summed E-state index contributed by atoms with van der Waals surface area (Å²) in [6.45, 7) is 0. The molecule has 0 amide bonds. The fourth-order valence-corrected chi connectivity index (χ4v) is 11.2. The van der Waals surface area contributed by atoms with Gasteiger partial charge in [0, 0.05) is 32.9 Å². The first kappa shape index (κ1) is 36.7. The van der Waals surface area contributed by atoms with Crippen LogP contribution in [0.3, 0.4) is 0 Å². The van der Waals surface area contributed by atoms with Crippen molar-refractivity contribution >= 4 is 54.4 Å². The van der Waals surface area contributed by atoms with Crippen LogP contribution in [0.25, 0.3) is 133 Å². The lowest BCUT2D eigenvalue weighted by atomic mass is 9.82. The zero-order valence-electron chi connectivity index (χ0n) is 36.0. The van der Waals surface area contributed by atoms with E-state index in [2.05, 4.69) is 252 Å². The van der Waals surface area contributed by atoms with Gasteiger partial charge in [0.15, 0.2) is 0 Å². The van der Waals surface area contributed by atoms with E-state index in [4.69, 9.17) is 0 Å². The number of fused-ring (bicyclic) bond motifs is 9. The zero-order valence-corrected chi connectivity index (χ0v) is 36.0. The first-order valence-corrected chi connectivity index (χ1v) is 22.8. The molecule has 0 unspecified atom stereocenters. The molecule has 0 spiro atoms. The van der Waals surface area contributed by atoms with Gasteiger partial charge in [0.25, 0.3) is 0 Å². The molecule has 1 aliphatic carbocycles. The lowest BCUT2D eigenvalue weighted by molar-refractivity contribution is 1.18. The Bertz CT molecular complexity index is 4060. The summed E-state index contributed by atoms with van der Waals surface area (Å²) in [5.41, 5.74) is 22.1. The lowest BCUT2D eigenvalue weighted by Crippen LogP contribution is -1.96. The Morgan fingerprint density at radius 1 is 0.227 bits per heavy atom. The number of para-hydroxylation sites is 3. The summed E-state index contributed by atoms with van der Waals surface area (Å²) in [5, 5.41) is 7.61. The van der Waals surface area contributed by atoms with Gasteiger partial charge in [0.05, 0.1) is 22.1 Å². The fraction of sp³-hybridized carbons (Fsp3) is 0. The van der Waals surface area contributed by atoms with E-state index < -0.39 is 0 Å². The summed E-state index contributed by atoms with van der Waals surface area (Å²) in [6.07, 6.45) is 0. The van der Waals surface area contributed by atoms with Gasteiger partial charge in [0.2, 0.25) is 0 Å². The normalized spacial score (nSPS) is 11.9. The molecular weight excluding hydrogens is 797 g/mol. The van der Waals surface area contributed by atoms with Crippen LogP contribution in [0.15, 0.2) is 243 Å². The van der Waals surface area contributed by atoms with Crippen LogP contribution in [0.5, 0.6) is 0 Å². The quantitative estimate of drug-likeness (QED) is 0.158. The molecule has 0 fully saturated rings. The Hall–Kier alpha value is -8.72. The molecule has 66 heavy (non-hydrogen) atoms. The largest absolute Gasteiger partial charge is 0.309 e. The monoisotopic (exact) mass is 836 g/mol. The average Bonchev–Trinajstić information content (AvgIpc) is 4.03. The molecule has 2 heterocycles. The van der Waals surface area contributed by atoms with Crippen LogP contribution in [0.4, 0.5) is 0 Å². The molecule has 0 bridgehead atoms. The molecule has 0 saturated heterocycles. The second-order valence-corrected chi connectivity index (χ2v) is 17.6. The second kappa shape index (κ2) is 14.4. The summed E-state index contributed by atoms with van der Waals surface area (Å²) in [4.78, 5) is 0. The Labute approximate surface area is 382 Å². The lowest BCUT2D eigenvalue weighted by Gasteiger charge is -2.21. The van der Waals surface area contributed by atoms with Gasteiger partial charge in [-0.15, -0.1) is 0 Å². The fourth-order valence-electron chi connectivity index (χ4n) is 11.2. The van der Waals surface area contributed by atoms with Crippen molar-refractivity contribution in [2.75, 3.05) is 0 Å². The first-order valence-electron chi connectivity index (χ1n) is 22.8. The van der Waals surface area contributed by atoms with E-state index in [-0.39, 0.29) is 0 Å². The molecule has 0 atom stereocenters. The number of nitrogens with zero attached hydrogens (tertiary/aromatic N) is 2. The van der Waals surface area contributed by atoms with Gasteiger partial charge in [-0.2, -0.15) is 0 Å². The van der Waals surface area contributed by atoms with E-state index in [1.807, 2.05) is 0 Å². The van der Waals surface area contributed by atoms with Gasteiger partial charge in [-0.1, -0.05) is 176 Å². The van der Waals surface area contributed by atoms with Crippen molar-refractivity contribution in [3.05, 3.63) is 243 Å². The van der Waals surface area contributed by atoms with E-state index in [0.717, 1.165) is 5.69 Å². The molecule has 0 radical (unpaired) electrons. The van der Waals surface area contributed by atoms with Crippen molar-refractivity contribution in [3.63, 3.8) is 0 Å². The number of rotatable bonds is 6. The van der Waals surface area contributed by atoms with E-state index in [9.17, 15) is 0 Å². The highest BCUT2D eigenvalue weighted by atomic mass is 15.0. The second-order valence-electron chi connectivity index (χ2n) is 17.6. The molecule has 14 rings (SSSR count). The third-order valence-corrected chi connectivity index (χ3v) is 14.0. The van der Waals surface area contributed by atoms with E-state index in [0.29, 0.717) is 0 Å². The van der Waals surface area contributed by atoms with Gasteiger partial charge in [0.1, 0.15) is 0 Å². The van der Waals surface area contributed by atoms with Crippen molar-refractivity contribution in [1.29, 1.82) is 0 Å². The minimum absolute atomic E-state index is 1.13. The predicted molar refractivity (Wildman–Crippen MR) is 279 cm³/mol. The van der Waals surface area contributed by atoms with Crippen molar-refractivity contribution in [1.82, 2.24) is 9.13 Å². The summed E-state index contributed by atoms with van der Waals surface area (Å²) in [7, 11) is 0. The standard InChI is InChI=1S/C64H40N2/c1-4-16-41(17-5-1)54-40-53(62(44-18-6-2-7-19-44)64-52-27-15-21-43-20-14-26-51(61(43)52)63(54)64)42-30-34-48(35-31-42)66-58-29-13-11-25-50(58)56-39-46(33-37-60(56)66)45-32-36-59-55(38-45)49-24-10-12-28-57(49)65(59)47-22-8-3-9-23-47/h1-40H. The van der Waals surface area contributed by atoms with Crippen LogP contribution in [0, 0.1) is 0 Å². The number of hydrogen-bond acceptors (Lipinski definition) is 0. The SMILES string of the molecule is c1ccc(-c2cc(-c3ccc(-n4c5ccccc5c5cc(-c6ccc7c(c6)c6ccccc6n7-c6ccccc6)ccc54)cc3)c(-c3ccccc3)c3c2-c2cccc4cccc-3c24)cc1. The van der Waals surface area contributed by atoms with Crippen LogP contribution in [-0.4, -0.2) is 9.13 Å². The molecule has 2 nitrogen and oxygen atoms in total. The number of aromatic nitrogens is 2. The minimum Gasteiger partial charge on any atom is -0.309 e. The maximum absolute atomic E-state index is 2.45. The maximum Gasteiger partial charge on any atom is 0.0541 e. The van der Waals surface area contributed by atoms with Crippen LogP contribution in [0.2, 0.25) is 0 Å². The maximum atomic E-state index is 2.45. The zero-order chi connectivity index (χ0) is 43.3. The number of benzene rings is 11. The Balaban J connectivity index is 0.927. The van der Waals surface area contributed by atoms with Crippen LogP contribution < -0.4 is 0 Å². The van der Waals surface area contributed by atoms with Crippen LogP contribution in [-0.2, 0) is 0 Å². The highest BCUT2D eigenvalue weighted by molar-refractivity contribution is 6.23. The summed E-state index contributed by atoms with van der Waals surface area (Å²) in [6, 6.07) is 89.4. The molecular formula is C64H40N2. The molecule has 2 heteroatoms. The summed E-state index contributed by atoms with van der Waals surface area (Å²) < 4.78 is 4.81. The number of hydrogen-bond donors (Lipinski definition) is 0. The van der Waals surface area contributed by atoms with Crippen LogP contribution in [0.1, 0.15) is 0 Å². The topological polar surface area (TPSA) is 9.86 Å². The molecule has 0 N–H and O–H groups in total. The van der Waals surface area contributed by atoms with E-state index >= 15 is 0 Å². The predicted octanol–water partition coefficient (Wildman–Crippen LogP) is 17.3. The average molecular weight is 837 g/mol. The van der Waals surface area contributed by atoms with Gasteiger partial charge in [-0.3, -0.25) is 0 Å². The minimum atomic E-state index is 1.13. The van der Waals surface area contributed by atoms with Crippen molar-refractivity contribution < 1.29 is 0 Å². The van der Waals surface area contributed by atoms with Crippen LogP contribution >= 0.6 is 0 Å². The molecule has 0 aliphatic heterocycles. The Morgan fingerprint density at radius 3 is 1.26 bits per heavy atom. The van der Waals surface area contributed by atoms with Gasteiger partial charge >= 0.3 is 0 Å².